The minimum Gasteiger partial charge on any atom is -0.494 e. The van der Waals surface area contributed by atoms with Crippen molar-refractivity contribution in [2.24, 2.45) is 0 Å². The maximum absolute atomic E-state index is 11.9. The minimum absolute atomic E-state index is 0.0691. The van der Waals surface area contributed by atoms with E-state index < -0.39 is 0 Å². The summed E-state index contributed by atoms with van der Waals surface area (Å²) in [6, 6.07) is 16.7. The first-order valence-corrected chi connectivity index (χ1v) is 6.80. The first-order valence-electron chi connectivity index (χ1n) is 6.80. The Labute approximate surface area is 125 Å². The van der Waals surface area contributed by atoms with Crippen LogP contribution in [0.25, 0.3) is 0 Å². The summed E-state index contributed by atoms with van der Waals surface area (Å²) >= 11 is 0. The summed E-state index contributed by atoms with van der Waals surface area (Å²) in [7, 11) is 0. The second-order valence-corrected chi connectivity index (χ2v) is 4.29. The summed E-state index contributed by atoms with van der Waals surface area (Å²) in [5.74, 6) is 6.52. The number of hydrogen-bond acceptors (Lipinski definition) is 2. The summed E-state index contributed by atoms with van der Waals surface area (Å²) in [5, 5.41) is 0. The molecule has 2 nitrogen and oxygen atoms in total. The Balaban J connectivity index is 1.98. The standard InChI is InChI=1S/C19H16O2/c1-2-21-18-14-12-17(13-15-18)19(20)11-7-6-10-16-8-4-3-5-9-16/h3-5,7-9,11-15H,2H2,1H3/b11-7+. The molecule has 21 heavy (non-hydrogen) atoms. The van der Waals surface area contributed by atoms with E-state index in [4.69, 9.17) is 4.74 Å². The van der Waals surface area contributed by atoms with Crippen LogP contribution in [-0.2, 0) is 0 Å². The molecule has 0 atom stereocenters. The first-order chi connectivity index (χ1) is 10.3. The van der Waals surface area contributed by atoms with Crippen LogP contribution >= 0.6 is 0 Å². The molecule has 2 aromatic carbocycles. The van der Waals surface area contributed by atoms with Crippen LogP contribution in [0.3, 0.4) is 0 Å². The maximum atomic E-state index is 11.9. The molecule has 2 heteroatoms. The number of carbonyl (C=O) groups is 1. The van der Waals surface area contributed by atoms with Crippen molar-refractivity contribution in [3.8, 4) is 17.6 Å². The molecular formula is C19H16O2. The number of hydrogen-bond donors (Lipinski definition) is 0. The third-order valence-corrected chi connectivity index (χ3v) is 2.76. The molecule has 0 saturated heterocycles. The lowest BCUT2D eigenvalue weighted by Crippen LogP contribution is -1.95. The zero-order chi connectivity index (χ0) is 14.9. The van der Waals surface area contributed by atoms with Crippen LogP contribution in [0.1, 0.15) is 22.8 Å². The summed E-state index contributed by atoms with van der Waals surface area (Å²) in [5.41, 5.74) is 1.55. The van der Waals surface area contributed by atoms with Crippen LogP contribution in [0.2, 0.25) is 0 Å². The van der Waals surface area contributed by atoms with Crippen LogP contribution in [0.15, 0.2) is 66.7 Å². The highest BCUT2D eigenvalue weighted by Crippen LogP contribution is 2.12. The van der Waals surface area contributed by atoms with Gasteiger partial charge in [0.15, 0.2) is 5.78 Å². The molecule has 2 rings (SSSR count). The number of benzene rings is 2. The number of allylic oxidation sites excluding steroid dienone is 2. The molecule has 0 N–H and O–H groups in total. The Morgan fingerprint density at radius 3 is 2.48 bits per heavy atom. The highest BCUT2D eigenvalue weighted by Gasteiger charge is 2.01. The van der Waals surface area contributed by atoms with E-state index in [2.05, 4.69) is 11.8 Å². The molecule has 0 heterocycles. The smallest absolute Gasteiger partial charge is 0.186 e. The van der Waals surface area contributed by atoms with Crippen molar-refractivity contribution >= 4 is 5.78 Å². The van der Waals surface area contributed by atoms with Gasteiger partial charge in [0, 0.05) is 11.1 Å². The zero-order valence-electron chi connectivity index (χ0n) is 11.9. The van der Waals surface area contributed by atoms with Crippen molar-refractivity contribution in [1.82, 2.24) is 0 Å². The fraction of sp³-hybridized carbons (Fsp3) is 0.105. The van der Waals surface area contributed by atoms with Gasteiger partial charge in [0.25, 0.3) is 0 Å². The van der Waals surface area contributed by atoms with Gasteiger partial charge in [0.05, 0.1) is 6.61 Å². The Bertz CT molecular complexity index is 671. The van der Waals surface area contributed by atoms with E-state index in [1.807, 2.05) is 37.3 Å². The van der Waals surface area contributed by atoms with Crippen molar-refractivity contribution in [2.45, 2.75) is 6.92 Å². The van der Waals surface area contributed by atoms with E-state index in [0.29, 0.717) is 12.2 Å². The van der Waals surface area contributed by atoms with E-state index in [1.54, 1.807) is 30.3 Å². The van der Waals surface area contributed by atoms with Gasteiger partial charge in [-0.25, -0.2) is 0 Å². The molecule has 0 unspecified atom stereocenters. The van der Waals surface area contributed by atoms with Crippen molar-refractivity contribution in [2.75, 3.05) is 6.61 Å². The molecule has 0 aliphatic rings. The van der Waals surface area contributed by atoms with Crippen LogP contribution < -0.4 is 4.74 Å². The fourth-order valence-electron chi connectivity index (χ4n) is 1.74. The summed E-state index contributed by atoms with van der Waals surface area (Å²) < 4.78 is 5.34. The second kappa shape index (κ2) is 7.72. The molecule has 0 fully saturated rings. The van der Waals surface area contributed by atoms with Gasteiger partial charge >= 0.3 is 0 Å². The molecule has 104 valence electrons. The summed E-state index contributed by atoms with van der Waals surface area (Å²) in [4.78, 5) is 11.9. The lowest BCUT2D eigenvalue weighted by Gasteiger charge is -2.02. The Hall–Kier alpha value is -2.79. The van der Waals surface area contributed by atoms with Gasteiger partial charge in [0.1, 0.15) is 5.75 Å². The van der Waals surface area contributed by atoms with Gasteiger partial charge in [-0.2, -0.15) is 0 Å². The predicted octanol–water partition coefficient (Wildman–Crippen LogP) is 3.88. The quantitative estimate of drug-likeness (QED) is 0.481. The number of ether oxygens (including phenoxy) is 1. The molecule has 0 aliphatic carbocycles. The van der Waals surface area contributed by atoms with Crippen molar-refractivity contribution in [1.29, 1.82) is 0 Å². The van der Waals surface area contributed by atoms with Crippen LogP contribution in [0, 0.1) is 11.8 Å². The molecular weight excluding hydrogens is 260 g/mol. The van der Waals surface area contributed by atoms with E-state index in [9.17, 15) is 4.79 Å². The summed E-state index contributed by atoms with van der Waals surface area (Å²) in [6.07, 6.45) is 3.05. The zero-order valence-corrected chi connectivity index (χ0v) is 11.9. The molecule has 0 radical (unpaired) electrons. The Kier molecular flexibility index (Phi) is 5.37. The van der Waals surface area contributed by atoms with Crippen molar-refractivity contribution in [3.05, 3.63) is 77.9 Å². The summed E-state index contributed by atoms with van der Waals surface area (Å²) in [6.45, 7) is 2.54. The van der Waals surface area contributed by atoms with Crippen molar-refractivity contribution < 1.29 is 9.53 Å². The minimum atomic E-state index is -0.0691. The van der Waals surface area contributed by atoms with Gasteiger partial charge in [-0.15, -0.1) is 0 Å². The average molecular weight is 276 g/mol. The molecule has 0 saturated carbocycles. The molecule has 2 aromatic rings. The molecule has 0 aliphatic heterocycles. The number of ketones is 1. The van der Waals surface area contributed by atoms with E-state index >= 15 is 0 Å². The third kappa shape index (κ3) is 4.67. The highest BCUT2D eigenvalue weighted by molar-refractivity contribution is 6.04. The monoisotopic (exact) mass is 276 g/mol. The lowest BCUT2D eigenvalue weighted by molar-refractivity contribution is 0.104. The topological polar surface area (TPSA) is 26.3 Å². The van der Waals surface area contributed by atoms with Gasteiger partial charge in [-0.05, 0) is 55.5 Å². The largest absolute Gasteiger partial charge is 0.494 e. The van der Waals surface area contributed by atoms with Crippen LogP contribution in [0.4, 0.5) is 0 Å². The lowest BCUT2D eigenvalue weighted by atomic mass is 10.1. The van der Waals surface area contributed by atoms with Crippen LogP contribution in [0.5, 0.6) is 5.75 Å². The molecule has 0 spiro atoms. The van der Waals surface area contributed by atoms with Gasteiger partial charge < -0.3 is 4.74 Å². The SMILES string of the molecule is CCOc1ccc(C(=O)/C=C/C#Cc2ccccc2)cc1. The van der Waals surface area contributed by atoms with E-state index in [-0.39, 0.29) is 5.78 Å². The fourth-order valence-corrected chi connectivity index (χ4v) is 1.74. The molecule has 0 bridgehead atoms. The highest BCUT2D eigenvalue weighted by atomic mass is 16.5. The average Bonchev–Trinajstić information content (AvgIpc) is 2.53. The normalized spacial score (nSPS) is 9.95. The number of rotatable bonds is 4. The van der Waals surface area contributed by atoms with Crippen molar-refractivity contribution in [3.63, 3.8) is 0 Å². The van der Waals surface area contributed by atoms with E-state index in [1.165, 1.54) is 6.08 Å². The molecule has 0 aromatic heterocycles. The van der Waals surface area contributed by atoms with E-state index in [0.717, 1.165) is 11.3 Å². The van der Waals surface area contributed by atoms with Gasteiger partial charge in [-0.1, -0.05) is 30.0 Å². The predicted molar refractivity (Wildman–Crippen MR) is 84.4 cm³/mol. The Morgan fingerprint density at radius 1 is 1.10 bits per heavy atom. The Morgan fingerprint density at radius 2 is 1.81 bits per heavy atom. The molecule has 0 amide bonds. The second-order valence-electron chi connectivity index (χ2n) is 4.29. The number of carbonyl (C=O) groups excluding carboxylic acids is 1. The first kappa shape index (κ1) is 14.6. The maximum Gasteiger partial charge on any atom is 0.186 e. The van der Waals surface area contributed by atoms with Crippen LogP contribution in [-0.4, -0.2) is 12.4 Å². The third-order valence-electron chi connectivity index (χ3n) is 2.76. The van der Waals surface area contributed by atoms with Gasteiger partial charge in [-0.3, -0.25) is 4.79 Å². The van der Waals surface area contributed by atoms with Gasteiger partial charge in [0.2, 0.25) is 0 Å².